The summed E-state index contributed by atoms with van der Waals surface area (Å²) >= 11 is 0. The molecule has 0 amide bonds. The van der Waals surface area contributed by atoms with Crippen molar-refractivity contribution in [1.29, 1.82) is 0 Å². The van der Waals surface area contributed by atoms with Crippen molar-refractivity contribution in [1.82, 2.24) is 29.7 Å². The Morgan fingerprint density at radius 2 is 1.94 bits per heavy atom. The first kappa shape index (κ1) is 19.7. The second-order valence-corrected chi connectivity index (χ2v) is 7.43. The first-order valence-corrected chi connectivity index (χ1v) is 9.96. The maximum absolute atomic E-state index is 13.4. The number of rotatable bonds is 5. The first-order chi connectivity index (χ1) is 15.5. The molecule has 1 aromatic carbocycles. The molecule has 4 aromatic heterocycles. The topological polar surface area (TPSA) is 93.5 Å². The number of aromatic amines is 1. The monoisotopic (exact) mass is 429 g/mol. The average Bonchev–Trinajstić information content (AvgIpc) is 3.40. The number of hydrogen-bond donors (Lipinski definition) is 2. The Balaban J connectivity index is 1.45. The Labute approximate surface area is 183 Å². The highest BCUT2D eigenvalue weighted by Crippen LogP contribution is 2.29. The fourth-order valence-corrected chi connectivity index (χ4v) is 3.54. The van der Waals surface area contributed by atoms with Crippen molar-refractivity contribution in [2.45, 2.75) is 13.8 Å². The van der Waals surface area contributed by atoms with Crippen LogP contribution in [0.4, 0.5) is 15.9 Å². The van der Waals surface area contributed by atoms with Crippen molar-refractivity contribution < 1.29 is 9.13 Å². The molecule has 0 unspecified atom stereocenters. The predicted molar refractivity (Wildman–Crippen MR) is 120 cm³/mol. The van der Waals surface area contributed by atoms with E-state index in [0.29, 0.717) is 28.6 Å². The summed E-state index contributed by atoms with van der Waals surface area (Å²) in [5.74, 6) is 0.785. The van der Waals surface area contributed by atoms with E-state index in [0.717, 1.165) is 28.0 Å². The van der Waals surface area contributed by atoms with Crippen molar-refractivity contribution in [2.75, 3.05) is 12.4 Å². The normalized spacial score (nSPS) is 11.1. The number of aromatic nitrogens is 6. The van der Waals surface area contributed by atoms with Gasteiger partial charge in [0, 0.05) is 17.8 Å². The van der Waals surface area contributed by atoms with Crippen LogP contribution in [-0.4, -0.2) is 36.8 Å². The van der Waals surface area contributed by atoms with Crippen molar-refractivity contribution in [3.63, 3.8) is 0 Å². The van der Waals surface area contributed by atoms with Crippen LogP contribution in [0.15, 0.2) is 55.1 Å². The molecule has 2 N–H and O–H groups in total. The zero-order valence-electron chi connectivity index (χ0n) is 17.7. The highest BCUT2D eigenvalue weighted by molar-refractivity contribution is 5.94. The molecule has 0 aliphatic heterocycles. The van der Waals surface area contributed by atoms with Crippen LogP contribution in [0, 0.1) is 19.7 Å². The maximum Gasteiger partial charge on any atom is 0.238 e. The number of ether oxygens (including phenoxy) is 1. The molecular weight excluding hydrogens is 409 g/mol. The zero-order valence-corrected chi connectivity index (χ0v) is 17.7. The molecule has 0 atom stereocenters. The third kappa shape index (κ3) is 3.53. The molecular formula is C23H20FN7O. The summed E-state index contributed by atoms with van der Waals surface area (Å²) in [6.07, 6.45) is 5.41. The molecule has 0 aliphatic carbocycles. The summed E-state index contributed by atoms with van der Waals surface area (Å²) in [5, 5.41) is 12.8. The van der Waals surface area contributed by atoms with Gasteiger partial charge in [-0.2, -0.15) is 0 Å². The van der Waals surface area contributed by atoms with Crippen LogP contribution in [0.1, 0.15) is 11.3 Å². The Hall–Kier alpha value is -4.27. The van der Waals surface area contributed by atoms with Crippen molar-refractivity contribution in [3.05, 3.63) is 72.2 Å². The maximum atomic E-state index is 13.4. The smallest absolute Gasteiger partial charge is 0.238 e. The molecule has 0 aliphatic rings. The van der Waals surface area contributed by atoms with E-state index < -0.39 is 0 Å². The molecule has 0 fully saturated rings. The molecule has 0 saturated heterocycles. The molecule has 4 heterocycles. The second kappa shape index (κ2) is 7.77. The lowest BCUT2D eigenvalue weighted by molar-refractivity contribution is 0.396. The highest BCUT2D eigenvalue weighted by Gasteiger charge is 2.13. The highest BCUT2D eigenvalue weighted by atomic mass is 19.1. The van der Waals surface area contributed by atoms with E-state index in [4.69, 9.17) is 4.74 Å². The number of aryl methyl sites for hydroxylation is 2. The van der Waals surface area contributed by atoms with Crippen LogP contribution in [0.25, 0.3) is 28.0 Å². The number of anilines is 2. The molecule has 160 valence electrons. The van der Waals surface area contributed by atoms with E-state index >= 15 is 0 Å². The van der Waals surface area contributed by atoms with Gasteiger partial charge in [-0.15, -0.1) is 10.2 Å². The number of methoxy groups -OCH3 is 1. The summed E-state index contributed by atoms with van der Waals surface area (Å²) in [6.45, 7) is 3.86. The molecule has 8 nitrogen and oxygen atoms in total. The standard InChI is InChI=1S/C23H20FN7O/c1-13-8-19(17-6-7-21(23(28-17)32-3)31-11-14(2)26-12-31)29-30-22(13)27-20-10-25-18-9-15(24)4-5-16(18)20/h4-12,25H,1-3H3,(H,27,30). The van der Waals surface area contributed by atoms with Crippen LogP contribution in [-0.2, 0) is 0 Å². The first-order valence-electron chi connectivity index (χ1n) is 9.96. The third-order valence-corrected chi connectivity index (χ3v) is 5.17. The lowest BCUT2D eigenvalue weighted by atomic mass is 10.2. The fraction of sp³-hybridized carbons (Fsp3) is 0.130. The van der Waals surface area contributed by atoms with Crippen LogP contribution < -0.4 is 10.1 Å². The van der Waals surface area contributed by atoms with E-state index in [1.54, 1.807) is 25.7 Å². The van der Waals surface area contributed by atoms with Gasteiger partial charge in [-0.25, -0.2) is 14.4 Å². The molecule has 5 rings (SSSR count). The van der Waals surface area contributed by atoms with Crippen LogP contribution in [0.5, 0.6) is 5.88 Å². The number of hydrogen-bond acceptors (Lipinski definition) is 6. The van der Waals surface area contributed by atoms with E-state index in [-0.39, 0.29) is 5.82 Å². The number of nitrogens with one attached hydrogen (secondary N) is 2. The van der Waals surface area contributed by atoms with Gasteiger partial charge in [-0.1, -0.05) is 0 Å². The Morgan fingerprint density at radius 1 is 1.06 bits per heavy atom. The van der Waals surface area contributed by atoms with Gasteiger partial charge < -0.3 is 19.6 Å². The van der Waals surface area contributed by atoms with Crippen molar-refractivity contribution in [2.24, 2.45) is 0 Å². The van der Waals surface area contributed by atoms with Gasteiger partial charge >= 0.3 is 0 Å². The van der Waals surface area contributed by atoms with Crippen molar-refractivity contribution in [3.8, 4) is 23.0 Å². The number of pyridine rings is 1. The zero-order chi connectivity index (χ0) is 22.2. The minimum atomic E-state index is -0.289. The molecule has 0 saturated carbocycles. The average molecular weight is 429 g/mol. The quantitative estimate of drug-likeness (QED) is 0.420. The van der Waals surface area contributed by atoms with E-state index in [9.17, 15) is 4.39 Å². The Kier molecular flexibility index (Phi) is 4.78. The number of imidazole rings is 1. The van der Waals surface area contributed by atoms with Gasteiger partial charge in [-0.3, -0.25) is 0 Å². The van der Waals surface area contributed by atoms with Crippen molar-refractivity contribution >= 4 is 22.4 Å². The summed E-state index contributed by atoms with van der Waals surface area (Å²) in [5.41, 5.74) is 5.36. The SMILES string of the molecule is COc1nc(-c2cc(C)c(Nc3c[nH]c4cc(F)ccc34)nn2)ccc1-n1cnc(C)c1. The fourth-order valence-electron chi connectivity index (χ4n) is 3.54. The number of nitrogens with zero attached hydrogens (tertiary/aromatic N) is 5. The molecule has 0 bridgehead atoms. The van der Waals surface area contributed by atoms with E-state index in [2.05, 4.69) is 30.5 Å². The van der Waals surface area contributed by atoms with E-state index in [1.165, 1.54) is 12.1 Å². The minimum Gasteiger partial charge on any atom is -0.479 e. The molecule has 5 aromatic rings. The lowest BCUT2D eigenvalue weighted by Gasteiger charge is -2.11. The Bertz CT molecular complexity index is 1440. The van der Waals surface area contributed by atoms with Crippen LogP contribution in [0.3, 0.4) is 0 Å². The van der Waals surface area contributed by atoms with Gasteiger partial charge in [0.1, 0.15) is 17.2 Å². The molecule has 9 heteroatoms. The van der Waals surface area contributed by atoms with Gasteiger partial charge in [0.15, 0.2) is 5.82 Å². The summed E-state index contributed by atoms with van der Waals surface area (Å²) < 4.78 is 20.8. The number of halogens is 1. The molecule has 32 heavy (non-hydrogen) atoms. The second-order valence-electron chi connectivity index (χ2n) is 7.43. The van der Waals surface area contributed by atoms with Gasteiger partial charge in [0.05, 0.1) is 36.0 Å². The molecule has 0 spiro atoms. The number of fused-ring (bicyclic) bond motifs is 1. The van der Waals surface area contributed by atoms with Crippen LogP contribution >= 0.6 is 0 Å². The molecule has 0 radical (unpaired) electrons. The third-order valence-electron chi connectivity index (χ3n) is 5.17. The van der Waals surface area contributed by atoms with Gasteiger partial charge in [-0.05, 0) is 55.8 Å². The number of H-pyrrole nitrogens is 1. The largest absolute Gasteiger partial charge is 0.479 e. The minimum absolute atomic E-state index is 0.289. The number of benzene rings is 1. The lowest BCUT2D eigenvalue weighted by Crippen LogP contribution is -2.02. The predicted octanol–water partition coefficient (Wildman–Crippen LogP) is 4.71. The summed E-state index contributed by atoms with van der Waals surface area (Å²) in [7, 11) is 1.58. The Morgan fingerprint density at radius 3 is 2.69 bits per heavy atom. The van der Waals surface area contributed by atoms with Gasteiger partial charge in [0.25, 0.3) is 0 Å². The summed E-state index contributed by atoms with van der Waals surface area (Å²) in [4.78, 5) is 11.9. The van der Waals surface area contributed by atoms with E-state index in [1.807, 2.05) is 42.8 Å². The van der Waals surface area contributed by atoms with Crippen LogP contribution in [0.2, 0.25) is 0 Å². The summed E-state index contributed by atoms with van der Waals surface area (Å²) in [6, 6.07) is 10.3. The van der Waals surface area contributed by atoms with Gasteiger partial charge in [0.2, 0.25) is 5.88 Å².